The highest BCUT2D eigenvalue weighted by molar-refractivity contribution is 5.70. The van der Waals surface area contributed by atoms with Crippen LogP contribution >= 0.6 is 0 Å². The van der Waals surface area contributed by atoms with E-state index in [1.807, 2.05) is 30.3 Å². The van der Waals surface area contributed by atoms with Gasteiger partial charge in [-0.15, -0.1) is 0 Å². The molecule has 0 radical (unpaired) electrons. The summed E-state index contributed by atoms with van der Waals surface area (Å²) in [4.78, 5) is 0. The molecule has 4 N–H and O–H groups in total. The fourth-order valence-corrected chi connectivity index (χ4v) is 7.74. The van der Waals surface area contributed by atoms with Crippen LogP contribution in [0.5, 0.6) is 34.5 Å². The number of rotatable bonds is 9. The molecule has 3 heterocycles. The van der Waals surface area contributed by atoms with Crippen LogP contribution in [-0.4, -0.2) is 60.6 Å². The third-order valence-corrected chi connectivity index (χ3v) is 9.98. The third-order valence-electron chi connectivity index (χ3n) is 9.98. The summed E-state index contributed by atoms with van der Waals surface area (Å²) in [6.45, 7) is 1.36. The number of ether oxygens (including phenoxy) is 5. The first-order valence-corrected chi connectivity index (χ1v) is 16.6. The van der Waals surface area contributed by atoms with Gasteiger partial charge in [-0.1, -0.05) is 18.2 Å². The largest absolute Gasteiger partial charge is 0.508 e. The van der Waals surface area contributed by atoms with E-state index >= 15 is 0 Å². The molecular formula is C39H42O9. The average Bonchev–Trinajstić information content (AvgIpc) is 3.09. The van der Waals surface area contributed by atoms with Gasteiger partial charge < -0.3 is 44.1 Å². The van der Waals surface area contributed by atoms with Crippen molar-refractivity contribution in [2.75, 3.05) is 34.0 Å². The number of phenols is 2. The third kappa shape index (κ3) is 6.02. The van der Waals surface area contributed by atoms with Crippen molar-refractivity contribution in [1.29, 1.82) is 0 Å². The molecule has 0 saturated carbocycles. The van der Waals surface area contributed by atoms with Gasteiger partial charge in [-0.3, -0.25) is 0 Å². The zero-order valence-corrected chi connectivity index (χ0v) is 27.2. The van der Waals surface area contributed by atoms with Crippen molar-refractivity contribution >= 4 is 0 Å². The van der Waals surface area contributed by atoms with Gasteiger partial charge in [-0.05, 0) is 90.9 Å². The maximum atomic E-state index is 12.2. The van der Waals surface area contributed by atoms with E-state index in [-0.39, 0.29) is 24.2 Å². The highest BCUT2D eigenvalue weighted by Gasteiger charge is 2.48. The van der Waals surface area contributed by atoms with Gasteiger partial charge in [0.05, 0.1) is 32.5 Å². The first-order valence-electron chi connectivity index (χ1n) is 16.6. The van der Waals surface area contributed by atoms with E-state index in [4.69, 9.17) is 23.7 Å². The normalized spacial score (nSPS) is 22.7. The van der Waals surface area contributed by atoms with Crippen LogP contribution in [0.1, 0.15) is 59.3 Å². The van der Waals surface area contributed by atoms with E-state index in [9.17, 15) is 20.4 Å². The second-order valence-corrected chi connectivity index (χ2v) is 12.9. The molecule has 0 fully saturated rings. The number of benzene rings is 4. The van der Waals surface area contributed by atoms with E-state index in [0.717, 1.165) is 58.4 Å². The Morgan fingerprint density at radius 2 is 1.69 bits per heavy atom. The Morgan fingerprint density at radius 1 is 0.854 bits per heavy atom. The van der Waals surface area contributed by atoms with E-state index in [1.165, 1.54) is 0 Å². The van der Waals surface area contributed by atoms with Crippen molar-refractivity contribution in [2.24, 2.45) is 11.8 Å². The Balaban J connectivity index is 1.26. The summed E-state index contributed by atoms with van der Waals surface area (Å²) in [6.07, 6.45) is 1.12. The van der Waals surface area contributed by atoms with Crippen molar-refractivity contribution in [3.8, 4) is 45.6 Å². The maximum Gasteiger partial charge on any atom is 0.128 e. The zero-order chi connectivity index (χ0) is 33.4. The smallest absolute Gasteiger partial charge is 0.128 e. The van der Waals surface area contributed by atoms with Crippen LogP contribution in [0.4, 0.5) is 0 Å². The lowest BCUT2D eigenvalue weighted by molar-refractivity contribution is -0.0894. The second-order valence-electron chi connectivity index (χ2n) is 12.9. The highest BCUT2D eigenvalue weighted by atomic mass is 16.5. The van der Waals surface area contributed by atoms with Gasteiger partial charge in [0.2, 0.25) is 0 Å². The molecule has 0 amide bonds. The van der Waals surface area contributed by atoms with E-state index in [1.54, 1.807) is 50.6 Å². The van der Waals surface area contributed by atoms with Crippen molar-refractivity contribution < 1.29 is 44.1 Å². The Bertz CT molecular complexity index is 1790. The molecule has 9 nitrogen and oxygen atoms in total. The monoisotopic (exact) mass is 654 g/mol. The van der Waals surface area contributed by atoms with Crippen LogP contribution in [0.2, 0.25) is 0 Å². The minimum Gasteiger partial charge on any atom is -0.508 e. The fourth-order valence-electron chi connectivity index (χ4n) is 7.74. The molecule has 7 rings (SSSR count). The van der Waals surface area contributed by atoms with E-state index in [2.05, 4.69) is 0 Å². The molecule has 4 aromatic carbocycles. The maximum absolute atomic E-state index is 12.2. The van der Waals surface area contributed by atoms with Crippen molar-refractivity contribution in [3.63, 3.8) is 0 Å². The molecule has 0 saturated heterocycles. The minimum atomic E-state index is -0.983. The second kappa shape index (κ2) is 13.6. The van der Waals surface area contributed by atoms with Crippen molar-refractivity contribution in [2.45, 2.75) is 50.4 Å². The molecule has 3 aliphatic heterocycles. The number of fused-ring (bicyclic) bond motifs is 4. The molecule has 5 atom stereocenters. The SMILES string of the molecule is COCCC[C@H]1Oc2ccc3c(c2[C@H](O)[C@@H]1[C@H]1COc2c(Cc4cc(O)ccc4-c4cccc(O)c4)cc(OC)cc2[C@H]1O)CCCO3. The van der Waals surface area contributed by atoms with Crippen LogP contribution in [0.3, 0.4) is 0 Å². The highest BCUT2D eigenvalue weighted by Crippen LogP contribution is 2.53. The van der Waals surface area contributed by atoms with Crippen LogP contribution in [0.25, 0.3) is 11.1 Å². The Morgan fingerprint density at radius 3 is 2.50 bits per heavy atom. The van der Waals surface area contributed by atoms with Gasteiger partial charge in [-0.2, -0.15) is 0 Å². The molecule has 48 heavy (non-hydrogen) atoms. The lowest BCUT2D eigenvalue weighted by Gasteiger charge is -2.45. The van der Waals surface area contributed by atoms with Gasteiger partial charge in [0.15, 0.2) is 0 Å². The van der Waals surface area contributed by atoms with E-state index in [0.29, 0.717) is 48.9 Å². The molecule has 3 aliphatic rings. The summed E-state index contributed by atoms with van der Waals surface area (Å²) in [5.74, 6) is 1.85. The molecule has 0 aliphatic carbocycles. The summed E-state index contributed by atoms with van der Waals surface area (Å²) in [5, 5.41) is 44.9. The number of aliphatic hydroxyl groups excluding tert-OH is 2. The summed E-state index contributed by atoms with van der Waals surface area (Å²) in [6, 6.07) is 19.6. The number of aliphatic hydroxyl groups is 2. The topological polar surface area (TPSA) is 127 Å². The Hall–Kier alpha value is -4.44. The van der Waals surface area contributed by atoms with Crippen molar-refractivity contribution in [3.05, 3.63) is 94.5 Å². The first-order chi connectivity index (χ1) is 23.4. The van der Waals surface area contributed by atoms with Crippen LogP contribution in [0.15, 0.2) is 66.7 Å². The Labute approximate surface area is 280 Å². The molecule has 252 valence electrons. The Kier molecular flexibility index (Phi) is 9.09. The van der Waals surface area contributed by atoms with Gasteiger partial charge in [0.1, 0.15) is 40.6 Å². The predicted molar refractivity (Wildman–Crippen MR) is 179 cm³/mol. The molecule has 9 heteroatoms. The standard InChI is InChI=1S/C39H42O9/c1-44-14-5-9-33-36(38(43)35-29-8-4-15-46-32(29)12-13-34(35)48-33)31-21-47-39-24(19-27(45-2)20-30(39)37(31)42)16-23-18-26(41)10-11-28(23)22-6-3-7-25(40)17-22/h3,6-7,10-13,17-20,31,33,36-38,40-43H,4-5,8-9,14-16,21H2,1-2H3/t31-,33-,36-,37-,38+/m1/s1. The zero-order valence-electron chi connectivity index (χ0n) is 27.2. The minimum absolute atomic E-state index is 0.116. The lowest BCUT2D eigenvalue weighted by atomic mass is 9.71. The number of methoxy groups -OCH3 is 2. The molecule has 4 aromatic rings. The lowest BCUT2D eigenvalue weighted by Crippen LogP contribution is -2.46. The van der Waals surface area contributed by atoms with Crippen LogP contribution in [0, 0.1) is 11.8 Å². The molecule has 0 spiro atoms. The number of hydrogen-bond donors (Lipinski definition) is 4. The molecule has 0 unspecified atom stereocenters. The van der Waals surface area contributed by atoms with Crippen LogP contribution in [-0.2, 0) is 17.6 Å². The van der Waals surface area contributed by atoms with Crippen molar-refractivity contribution in [1.82, 2.24) is 0 Å². The number of phenolic OH excluding ortho intramolecular Hbond substituents is 2. The van der Waals surface area contributed by atoms with Gasteiger partial charge in [-0.25, -0.2) is 0 Å². The molecule has 0 bridgehead atoms. The molecule has 0 aromatic heterocycles. The first kappa shape index (κ1) is 32.1. The summed E-state index contributed by atoms with van der Waals surface area (Å²) >= 11 is 0. The van der Waals surface area contributed by atoms with E-state index < -0.39 is 24.0 Å². The van der Waals surface area contributed by atoms with Gasteiger partial charge in [0, 0.05) is 54.2 Å². The summed E-state index contributed by atoms with van der Waals surface area (Å²) in [5.41, 5.74) is 5.54. The van der Waals surface area contributed by atoms with Gasteiger partial charge >= 0.3 is 0 Å². The number of hydrogen-bond acceptors (Lipinski definition) is 9. The quantitative estimate of drug-likeness (QED) is 0.155. The van der Waals surface area contributed by atoms with Gasteiger partial charge in [0.25, 0.3) is 0 Å². The molecular weight excluding hydrogens is 612 g/mol. The average molecular weight is 655 g/mol. The predicted octanol–water partition coefficient (Wildman–Crippen LogP) is 6.27. The van der Waals surface area contributed by atoms with Crippen LogP contribution < -0.4 is 18.9 Å². The summed E-state index contributed by atoms with van der Waals surface area (Å²) in [7, 11) is 3.25. The number of aromatic hydroxyl groups is 2. The summed E-state index contributed by atoms with van der Waals surface area (Å²) < 4.78 is 30.2. The fraction of sp³-hybridized carbons (Fsp3) is 0.385.